The smallest absolute Gasteiger partial charge is 0.341 e. The van der Waals surface area contributed by atoms with Crippen molar-refractivity contribution in [3.63, 3.8) is 0 Å². The number of amides is 2. The van der Waals surface area contributed by atoms with Gasteiger partial charge in [-0.15, -0.1) is 0 Å². The van der Waals surface area contributed by atoms with Crippen molar-refractivity contribution in [1.29, 1.82) is 0 Å². The molecule has 0 aromatic heterocycles. The number of hydrogen-bond donors (Lipinski definition) is 2. The topological polar surface area (TPSA) is 138 Å². The highest BCUT2D eigenvalue weighted by Gasteiger charge is 2.24. The maximum atomic E-state index is 13.3. The van der Waals surface area contributed by atoms with E-state index >= 15 is 0 Å². The van der Waals surface area contributed by atoms with E-state index in [1.165, 1.54) is 71.9 Å². The summed E-state index contributed by atoms with van der Waals surface area (Å²) in [6.07, 6.45) is 0. The number of aryl methyl sites for hydroxylation is 1. The normalized spacial score (nSPS) is 10.2. The van der Waals surface area contributed by atoms with Gasteiger partial charge in [0, 0.05) is 0 Å². The molecule has 0 saturated heterocycles. The zero-order valence-electron chi connectivity index (χ0n) is 22.3. The van der Waals surface area contributed by atoms with Gasteiger partial charge in [0.15, 0.2) is 5.75 Å². The zero-order chi connectivity index (χ0) is 28.7. The standard InChI is InChI=1S/C28H28N2O9/c1-15-13-20(29-25(31)16-9-7-11-18(22(16)35-2)27(33)38-5)24(37-4)21(14-15)30-26(32)17-10-8-12-19(23(17)36-3)28(34)39-6/h7-14H,1-6H3,(H,29,31)(H,30,32). The monoisotopic (exact) mass is 536 g/mol. The third kappa shape index (κ3) is 5.93. The summed E-state index contributed by atoms with van der Waals surface area (Å²) in [5.41, 5.74) is 1.52. The Balaban J connectivity index is 1.99. The van der Waals surface area contributed by atoms with Gasteiger partial charge < -0.3 is 34.3 Å². The van der Waals surface area contributed by atoms with Crippen LogP contribution in [-0.4, -0.2) is 59.3 Å². The number of anilines is 2. The number of carbonyl (C=O) groups excluding carboxylic acids is 4. The van der Waals surface area contributed by atoms with E-state index in [1.54, 1.807) is 19.1 Å². The first-order valence-corrected chi connectivity index (χ1v) is 11.5. The lowest BCUT2D eigenvalue weighted by Gasteiger charge is -2.18. The van der Waals surface area contributed by atoms with Crippen LogP contribution in [0.25, 0.3) is 0 Å². The molecule has 0 bridgehead atoms. The molecule has 2 N–H and O–H groups in total. The summed E-state index contributed by atoms with van der Waals surface area (Å²) in [5, 5.41) is 5.50. The van der Waals surface area contributed by atoms with E-state index in [4.69, 9.17) is 23.7 Å². The molecule has 0 unspecified atom stereocenters. The van der Waals surface area contributed by atoms with Crippen molar-refractivity contribution in [2.75, 3.05) is 46.2 Å². The van der Waals surface area contributed by atoms with Gasteiger partial charge in [0.05, 0.1) is 58.1 Å². The van der Waals surface area contributed by atoms with E-state index in [-0.39, 0.29) is 50.9 Å². The van der Waals surface area contributed by atoms with Crippen molar-refractivity contribution >= 4 is 35.1 Å². The van der Waals surface area contributed by atoms with Crippen LogP contribution in [0.15, 0.2) is 48.5 Å². The minimum atomic E-state index is -0.661. The lowest BCUT2D eigenvalue weighted by Crippen LogP contribution is -2.18. The third-order valence-electron chi connectivity index (χ3n) is 5.67. The van der Waals surface area contributed by atoms with Crippen LogP contribution in [0.1, 0.15) is 47.0 Å². The van der Waals surface area contributed by atoms with Crippen molar-refractivity contribution in [2.45, 2.75) is 6.92 Å². The Hall–Kier alpha value is -5.06. The second-order valence-corrected chi connectivity index (χ2v) is 8.06. The molecule has 39 heavy (non-hydrogen) atoms. The molecule has 11 heteroatoms. The average Bonchev–Trinajstić information content (AvgIpc) is 2.95. The first kappa shape index (κ1) is 28.5. The molecule has 2 amide bonds. The number of methoxy groups -OCH3 is 5. The molecule has 3 aromatic rings. The van der Waals surface area contributed by atoms with Crippen LogP contribution in [0.4, 0.5) is 11.4 Å². The number of ether oxygens (including phenoxy) is 5. The van der Waals surface area contributed by atoms with Crippen LogP contribution in [0, 0.1) is 6.92 Å². The summed E-state index contributed by atoms with van der Waals surface area (Å²) in [6.45, 7) is 1.77. The number of esters is 2. The van der Waals surface area contributed by atoms with Crippen molar-refractivity contribution in [3.05, 3.63) is 76.3 Å². The Labute approximate surface area is 225 Å². The van der Waals surface area contributed by atoms with Gasteiger partial charge in [-0.25, -0.2) is 9.59 Å². The van der Waals surface area contributed by atoms with E-state index in [0.29, 0.717) is 5.56 Å². The van der Waals surface area contributed by atoms with Crippen molar-refractivity contribution in [2.24, 2.45) is 0 Å². The summed E-state index contributed by atoms with van der Waals surface area (Å²) in [5.74, 6) is -2.26. The number of nitrogens with one attached hydrogen (secondary N) is 2. The highest BCUT2D eigenvalue weighted by Crippen LogP contribution is 2.37. The summed E-state index contributed by atoms with van der Waals surface area (Å²) in [4.78, 5) is 50.8. The molecule has 0 aliphatic heterocycles. The van der Waals surface area contributed by atoms with Crippen molar-refractivity contribution in [3.8, 4) is 17.2 Å². The van der Waals surface area contributed by atoms with E-state index in [1.807, 2.05) is 0 Å². The van der Waals surface area contributed by atoms with Gasteiger partial charge in [-0.05, 0) is 48.9 Å². The Bertz CT molecular complexity index is 1330. The minimum Gasteiger partial charge on any atom is -0.495 e. The van der Waals surface area contributed by atoms with E-state index in [9.17, 15) is 19.2 Å². The van der Waals surface area contributed by atoms with Gasteiger partial charge in [-0.3, -0.25) is 9.59 Å². The summed E-state index contributed by atoms with van der Waals surface area (Å²) in [6, 6.07) is 12.3. The lowest BCUT2D eigenvalue weighted by atomic mass is 10.1. The molecule has 0 aliphatic rings. The summed E-state index contributed by atoms with van der Waals surface area (Å²) in [7, 11) is 6.51. The first-order valence-electron chi connectivity index (χ1n) is 11.5. The number of para-hydroxylation sites is 2. The molecule has 3 rings (SSSR count). The molecule has 0 fully saturated rings. The molecule has 11 nitrogen and oxygen atoms in total. The first-order chi connectivity index (χ1) is 18.7. The summed E-state index contributed by atoms with van der Waals surface area (Å²) < 4.78 is 25.7. The number of carbonyl (C=O) groups is 4. The van der Waals surface area contributed by atoms with E-state index < -0.39 is 23.8 Å². The fourth-order valence-corrected chi connectivity index (χ4v) is 3.97. The van der Waals surface area contributed by atoms with Crippen LogP contribution in [0.3, 0.4) is 0 Å². The van der Waals surface area contributed by atoms with Crippen LogP contribution in [-0.2, 0) is 9.47 Å². The fourth-order valence-electron chi connectivity index (χ4n) is 3.97. The maximum absolute atomic E-state index is 13.3. The Morgan fingerprint density at radius 3 is 1.26 bits per heavy atom. The van der Waals surface area contributed by atoms with Gasteiger partial charge >= 0.3 is 11.9 Å². The van der Waals surface area contributed by atoms with E-state index in [0.717, 1.165) is 0 Å². The summed E-state index contributed by atoms with van der Waals surface area (Å²) >= 11 is 0. The minimum absolute atomic E-state index is 0.0413. The Kier molecular flexibility index (Phi) is 9.11. The van der Waals surface area contributed by atoms with E-state index in [2.05, 4.69) is 10.6 Å². The predicted molar refractivity (Wildman–Crippen MR) is 142 cm³/mol. The number of rotatable bonds is 9. The highest BCUT2D eigenvalue weighted by molar-refractivity contribution is 6.12. The second kappa shape index (κ2) is 12.5. The Morgan fingerprint density at radius 2 is 0.923 bits per heavy atom. The third-order valence-corrected chi connectivity index (χ3v) is 5.67. The van der Waals surface area contributed by atoms with Crippen LogP contribution in [0.5, 0.6) is 17.2 Å². The molecule has 0 atom stereocenters. The SMILES string of the molecule is COC(=O)c1cccc(C(=O)Nc2cc(C)cc(NC(=O)c3cccc(C(=O)OC)c3OC)c2OC)c1OC. The number of hydrogen-bond acceptors (Lipinski definition) is 9. The average molecular weight is 537 g/mol. The fraction of sp³-hybridized carbons (Fsp3) is 0.214. The van der Waals surface area contributed by atoms with Gasteiger partial charge in [-0.1, -0.05) is 12.1 Å². The molecule has 0 saturated carbocycles. The number of benzene rings is 3. The molecular formula is C28H28N2O9. The van der Waals surface area contributed by atoms with Gasteiger partial charge in [0.1, 0.15) is 22.6 Å². The predicted octanol–water partition coefficient (Wildman–Crippen LogP) is 4.10. The molecule has 0 radical (unpaired) electrons. The maximum Gasteiger partial charge on any atom is 0.341 e. The van der Waals surface area contributed by atoms with Gasteiger partial charge in [0.2, 0.25) is 0 Å². The Morgan fingerprint density at radius 1 is 0.564 bits per heavy atom. The van der Waals surface area contributed by atoms with Crippen molar-refractivity contribution in [1.82, 2.24) is 0 Å². The van der Waals surface area contributed by atoms with Crippen LogP contribution < -0.4 is 24.8 Å². The molecule has 3 aromatic carbocycles. The van der Waals surface area contributed by atoms with Gasteiger partial charge in [-0.2, -0.15) is 0 Å². The van der Waals surface area contributed by atoms with Crippen LogP contribution in [0.2, 0.25) is 0 Å². The molecular weight excluding hydrogens is 508 g/mol. The highest BCUT2D eigenvalue weighted by atomic mass is 16.5. The molecule has 0 aliphatic carbocycles. The second-order valence-electron chi connectivity index (χ2n) is 8.06. The van der Waals surface area contributed by atoms with Crippen LogP contribution >= 0.6 is 0 Å². The molecule has 0 heterocycles. The largest absolute Gasteiger partial charge is 0.495 e. The molecule has 0 spiro atoms. The lowest BCUT2D eigenvalue weighted by molar-refractivity contribution is 0.0587. The van der Waals surface area contributed by atoms with Crippen molar-refractivity contribution < 1.29 is 42.9 Å². The quantitative estimate of drug-likeness (QED) is 0.387. The van der Waals surface area contributed by atoms with Gasteiger partial charge in [0.25, 0.3) is 11.8 Å². The zero-order valence-corrected chi connectivity index (χ0v) is 22.3. The molecule has 204 valence electrons.